The maximum Gasteiger partial charge on any atom is 0.348 e. The fourth-order valence-corrected chi connectivity index (χ4v) is 1.40. The Morgan fingerprint density at radius 3 is 2.53 bits per heavy atom. The standard InChI is InChI=1S/C13H25NO3/c1-3-4-5-6-7-8-10-17-11-9-14-12-13(15)16-2/h12H,3-11H2,1-2H3. The number of methoxy groups -OCH3 is 1. The van der Waals surface area contributed by atoms with Crippen molar-refractivity contribution < 1.29 is 14.3 Å². The van der Waals surface area contributed by atoms with Crippen molar-refractivity contribution in [3.8, 4) is 0 Å². The van der Waals surface area contributed by atoms with Gasteiger partial charge in [-0.2, -0.15) is 0 Å². The lowest BCUT2D eigenvalue weighted by Crippen LogP contribution is -2.04. The van der Waals surface area contributed by atoms with E-state index in [1.54, 1.807) is 0 Å². The van der Waals surface area contributed by atoms with Gasteiger partial charge in [0.25, 0.3) is 0 Å². The molecule has 0 saturated heterocycles. The molecule has 0 N–H and O–H groups in total. The molecule has 0 amide bonds. The predicted octanol–water partition coefficient (Wildman–Crippen LogP) is 2.61. The van der Waals surface area contributed by atoms with Gasteiger partial charge in [-0.3, -0.25) is 4.99 Å². The summed E-state index contributed by atoms with van der Waals surface area (Å²) in [5.41, 5.74) is 0. The van der Waals surface area contributed by atoms with E-state index in [9.17, 15) is 4.79 Å². The highest BCUT2D eigenvalue weighted by molar-refractivity contribution is 6.23. The first kappa shape index (κ1) is 16.1. The molecule has 100 valence electrons. The van der Waals surface area contributed by atoms with E-state index in [4.69, 9.17) is 4.74 Å². The van der Waals surface area contributed by atoms with Crippen molar-refractivity contribution in [2.45, 2.75) is 45.4 Å². The lowest BCUT2D eigenvalue weighted by atomic mass is 10.1. The largest absolute Gasteiger partial charge is 0.465 e. The van der Waals surface area contributed by atoms with E-state index in [1.165, 1.54) is 45.4 Å². The zero-order valence-corrected chi connectivity index (χ0v) is 11.1. The number of rotatable bonds is 11. The van der Waals surface area contributed by atoms with Crippen molar-refractivity contribution in [3.05, 3.63) is 0 Å². The van der Waals surface area contributed by atoms with Crippen LogP contribution < -0.4 is 0 Å². The molecule has 0 fully saturated rings. The number of esters is 1. The molecule has 0 spiro atoms. The molecule has 0 aliphatic rings. The number of carbonyl (C=O) groups excluding carboxylic acids is 1. The van der Waals surface area contributed by atoms with E-state index in [0.29, 0.717) is 13.2 Å². The van der Waals surface area contributed by atoms with E-state index >= 15 is 0 Å². The van der Waals surface area contributed by atoms with Crippen LogP contribution in [-0.4, -0.2) is 39.1 Å². The highest BCUT2D eigenvalue weighted by atomic mass is 16.5. The Balaban J connectivity index is 3.08. The number of unbranched alkanes of at least 4 members (excludes halogenated alkanes) is 5. The molecule has 0 heterocycles. The first-order chi connectivity index (χ1) is 8.31. The molecule has 0 radical (unpaired) electrons. The maximum atomic E-state index is 10.7. The highest BCUT2D eigenvalue weighted by Crippen LogP contribution is 2.04. The molecular weight excluding hydrogens is 218 g/mol. The van der Waals surface area contributed by atoms with Crippen LogP contribution >= 0.6 is 0 Å². The Hall–Kier alpha value is -0.900. The minimum absolute atomic E-state index is 0.416. The summed E-state index contributed by atoms with van der Waals surface area (Å²) in [4.78, 5) is 14.5. The topological polar surface area (TPSA) is 47.9 Å². The molecule has 4 nitrogen and oxygen atoms in total. The van der Waals surface area contributed by atoms with Gasteiger partial charge in [-0.1, -0.05) is 39.0 Å². The quantitative estimate of drug-likeness (QED) is 0.318. The molecule has 0 aromatic heterocycles. The van der Waals surface area contributed by atoms with Gasteiger partial charge in [-0.05, 0) is 6.42 Å². The van der Waals surface area contributed by atoms with Gasteiger partial charge < -0.3 is 9.47 Å². The van der Waals surface area contributed by atoms with Crippen LogP contribution in [0.3, 0.4) is 0 Å². The molecule has 0 bridgehead atoms. The second-order valence-corrected chi connectivity index (χ2v) is 3.94. The molecule has 0 aromatic carbocycles. The molecule has 0 unspecified atom stereocenters. The van der Waals surface area contributed by atoms with E-state index in [-0.39, 0.29) is 0 Å². The van der Waals surface area contributed by atoms with Gasteiger partial charge in [0.2, 0.25) is 0 Å². The van der Waals surface area contributed by atoms with Gasteiger partial charge in [0.05, 0.1) is 20.3 Å². The molecule has 0 atom stereocenters. The van der Waals surface area contributed by atoms with Crippen molar-refractivity contribution >= 4 is 12.2 Å². The van der Waals surface area contributed by atoms with E-state index in [2.05, 4.69) is 16.7 Å². The predicted molar refractivity (Wildman–Crippen MR) is 69.6 cm³/mol. The number of ether oxygens (including phenoxy) is 2. The summed E-state index contributed by atoms with van der Waals surface area (Å²) < 4.78 is 9.80. The van der Waals surface area contributed by atoms with Crippen LogP contribution in [0, 0.1) is 0 Å². The number of hydrogen-bond donors (Lipinski definition) is 0. The molecule has 0 saturated carbocycles. The summed E-state index contributed by atoms with van der Waals surface area (Å²) in [6.45, 7) is 4.10. The lowest BCUT2D eigenvalue weighted by molar-refractivity contribution is -0.132. The van der Waals surface area contributed by atoms with Gasteiger partial charge in [-0.15, -0.1) is 0 Å². The van der Waals surface area contributed by atoms with Gasteiger partial charge >= 0.3 is 5.97 Å². The summed E-state index contributed by atoms with van der Waals surface area (Å²) in [6.07, 6.45) is 8.80. The number of carbonyl (C=O) groups is 1. The molecule has 4 heteroatoms. The van der Waals surface area contributed by atoms with Gasteiger partial charge in [0, 0.05) is 6.61 Å². The molecule has 0 aliphatic heterocycles. The van der Waals surface area contributed by atoms with Crippen molar-refractivity contribution in [2.24, 2.45) is 4.99 Å². The third kappa shape index (κ3) is 13.0. The highest BCUT2D eigenvalue weighted by Gasteiger charge is 1.92. The van der Waals surface area contributed by atoms with Crippen LogP contribution in [-0.2, 0) is 14.3 Å². The summed E-state index contributed by atoms with van der Waals surface area (Å²) in [6, 6.07) is 0. The molecule has 0 rings (SSSR count). The average molecular weight is 243 g/mol. The third-order valence-electron chi connectivity index (χ3n) is 2.40. The second-order valence-electron chi connectivity index (χ2n) is 3.94. The smallest absolute Gasteiger partial charge is 0.348 e. The van der Waals surface area contributed by atoms with E-state index < -0.39 is 5.97 Å². The Kier molecular flexibility index (Phi) is 12.5. The molecule has 17 heavy (non-hydrogen) atoms. The number of hydrogen-bond acceptors (Lipinski definition) is 4. The van der Waals surface area contributed by atoms with Crippen molar-refractivity contribution in [3.63, 3.8) is 0 Å². The van der Waals surface area contributed by atoms with Crippen LogP contribution in [0.4, 0.5) is 0 Å². The minimum atomic E-state index is -0.416. The summed E-state index contributed by atoms with van der Waals surface area (Å²) in [5.74, 6) is -0.416. The van der Waals surface area contributed by atoms with Crippen molar-refractivity contribution in [1.29, 1.82) is 0 Å². The summed E-state index contributed by atoms with van der Waals surface area (Å²) in [7, 11) is 1.34. The zero-order chi connectivity index (χ0) is 12.8. The molecular formula is C13H25NO3. The van der Waals surface area contributed by atoms with Crippen molar-refractivity contribution in [1.82, 2.24) is 0 Å². The van der Waals surface area contributed by atoms with Crippen LogP contribution in [0.15, 0.2) is 4.99 Å². The molecule has 0 aliphatic carbocycles. The lowest BCUT2D eigenvalue weighted by Gasteiger charge is -2.02. The summed E-state index contributed by atoms with van der Waals surface area (Å²) in [5, 5.41) is 0. The van der Waals surface area contributed by atoms with Crippen LogP contribution in [0.2, 0.25) is 0 Å². The van der Waals surface area contributed by atoms with E-state index in [0.717, 1.165) is 13.0 Å². The Morgan fingerprint density at radius 2 is 1.82 bits per heavy atom. The Morgan fingerprint density at radius 1 is 1.12 bits per heavy atom. The van der Waals surface area contributed by atoms with Crippen LogP contribution in [0.25, 0.3) is 0 Å². The normalized spacial score (nSPS) is 10.9. The Bertz CT molecular complexity index is 205. The van der Waals surface area contributed by atoms with Gasteiger partial charge in [0.15, 0.2) is 0 Å². The minimum Gasteiger partial charge on any atom is -0.465 e. The van der Waals surface area contributed by atoms with Gasteiger partial charge in [-0.25, -0.2) is 4.79 Å². The van der Waals surface area contributed by atoms with Crippen LogP contribution in [0.5, 0.6) is 0 Å². The molecule has 0 aromatic rings. The van der Waals surface area contributed by atoms with Gasteiger partial charge in [0.1, 0.15) is 6.21 Å². The Labute approximate surface area is 104 Å². The number of aliphatic imine (C=N–C) groups is 1. The number of nitrogens with zero attached hydrogens (tertiary/aromatic N) is 1. The van der Waals surface area contributed by atoms with E-state index in [1.807, 2.05) is 0 Å². The van der Waals surface area contributed by atoms with Crippen LogP contribution in [0.1, 0.15) is 45.4 Å². The SMILES string of the molecule is CCCCCCCCOCCN=CC(=O)OC. The monoisotopic (exact) mass is 243 g/mol. The fraction of sp³-hybridized carbons (Fsp3) is 0.846. The average Bonchev–Trinajstić information content (AvgIpc) is 2.35. The summed E-state index contributed by atoms with van der Waals surface area (Å²) >= 11 is 0. The maximum absolute atomic E-state index is 10.7. The second kappa shape index (κ2) is 13.2. The van der Waals surface area contributed by atoms with Crippen molar-refractivity contribution in [2.75, 3.05) is 26.9 Å². The fourth-order valence-electron chi connectivity index (χ4n) is 1.40. The third-order valence-corrected chi connectivity index (χ3v) is 2.40. The first-order valence-corrected chi connectivity index (χ1v) is 6.46. The first-order valence-electron chi connectivity index (χ1n) is 6.46. The zero-order valence-electron chi connectivity index (χ0n) is 11.1.